The van der Waals surface area contributed by atoms with Gasteiger partial charge in [-0.2, -0.15) is 13.2 Å². The molecule has 2 unspecified atom stereocenters. The van der Waals surface area contributed by atoms with Crippen LogP contribution in [-0.2, 0) is 19.7 Å². The van der Waals surface area contributed by atoms with Crippen molar-refractivity contribution in [2.45, 2.75) is 140 Å². The van der Waals surface area contributed by atoms with Gasteiger partial charge in [0.25, 0.3) is 0 Å². The van der Waals surface area contributed by atoms with Crippen LogP contribution >= 0.6 is 21.6 Å². The van der Waals surface area contributed by atoms with E-state index in [1.54, 1.807) is 21.6 Å². The molecule has 0 fully saturated rings. The number of carboxylic acid groups (broad SMARTS) is 7. The van der Waals surface area contributed by atoms with E-state index < -0.39 is 76.5 Å². The first-order valence-corrected chi connectivity index (χ1v) is 41.7. The number of hydrogen-bond acceptors (Lipinski definition) is 25. The third-order valence-corrected chi connectivity index (χ3v) is 20.9. The highest BCUT2D eigenvalue weighted by atomic mass is 33.1. The summed E-state index contributed by atoms with van der Waals surface area (Å²) in [7, 11) is 3.40. The van der Waals surface area contributed by atoms with E-state index in [1.165, 1.54) is 209 Å². The van der Waals surface area contributed by atoms with Crippen LogP contribution in [0.5, 0.6) is 11.5 Å². The summed E-state index contributed by atoms with van der Waals surface area (Å²) in [4.78, 5) is 212. The van der Waals surface area contributed by atoms with Crippen molar-refractivity contribution in [2.75, 3.05) is 37.8 Å². The third-order valence-electron chi connectivity index (χ3n) is 18.5. The Bertz CT molecular complexity index is 5290. The quantitative estimate of drug-likeness (QED) is 0.00998. The monoisotopic (exact) mass is 1860 g/mol. The molecule has 2 atom stereocenters. The van der Waals surface area contributed by atoms with Gasteiger partial charge in [-0.3, -0.25) is 57.5 Å². The second-order valence-corrected chi connectivity index (χ2v) is 31.2. The number of alkyl halides is 3. The minimum atomic E-state index is -4.54. The van der Waals surface area contributed by atoms with E-state index in [-0.39, 0.29) is 159 Å². The van der Waals surface area contributed by atoms with Crippen LogP contribution in [0.3, 0.4) is 0 Å². The highest BCUT2D eigenvalue weighted by molar-refractivity contribution is 8.76. The number of rotatable bonds is 35. The van der Waals surface area contributed by atoms with Gasteiger partial charge in [-0.1, -0.05) is 102 Å². The summed E-state index contributed by atoms with van der Waals surface area (Å²) in [5.74, 6) is -10.7. The van der Waals surface area contributed by atoms with Crippen molar-refractivity contribution in [1.82, 2.24) is 10.6 Å². The van der Waals surface area contributed by atoms with E-state index in [1.807, 2.05) is 13.8 Å². The molecule has 11 N–H and O–H groups in total. The van der Waals surface area contributed by atoms with E-state index in [4.69, 9.17) is 35.0 Å². The molecule has 8 rings (SSSR count). The number of amides is 2. The highest BCUT2D eigenvalue weighted by Gasteiger charge is 2.53. The van der Waals surface area contributed by atoms with Crippen molar-refractivity contribution in [1.29, 1.82) is 0 Å². The fraction of sp³-hybridized carbons (Fsp3) is 0.287. The number of carbonyl (C=O) groups is 19. The zero-order valence-electron chi connectivity index (χ0n) is 73.8. The molecule has 37 heteroatoms. The lowest BCUT2D eigenvalue weighted by atomic mass is 9.75. The number of aromatic carboxylic acids is 7. The average molecular weight is 1860 g/mol. The minimum Gasteiger partial charge on any atom is -0.478 e. The molecule has 0 radical (unpaired) electrons. The lowest BCUT2D eigenvalue weighted by Gasteiger charge is -2.33. The minimum absolute atomic E-state index is 0.00819. The second kappa shape index (κ2) is 53.6. The number of nitrogens with one attached hydrogen (secondary N) is 2. The van der Waals surface area contributed by atoms with Crippen LogP contribution in [0.4, 0.5) is 13.2 Å². The van der Waals surface area contributed by atoms with Crippen LogP contribution in [0, 0.1) is 0 Å². The van der Waals surface area contributed by atoms with Gasteiger partial charge in [-0.05, 0) is 196 Å². The summed E-state index contributed by atoms with van der Waals surface area (Å²) >= 11 is 0. The van der Waals surface area contributed by atoms with Crippen molar-refractivity contribution in [3.63, 3.8) is 0 Å². The molecule has 0 saturated heterocycles. The van der Waals surface area contributed by atoms with Gasteiger partial charge in [0.05, 0.1) is 64.4 Å². The van der Waals surface area contributed by atoms with Crippen LogP contribution in [-0.4, -0.2) is 214 Å². The number of aliphatic hydroxyl groups excluding tert-OH is 2. The molecule has 0 aliphatic heterocycles. The molecule has 0 aromatic heterocycles. The number of halogens is 3. The van der Waals surface area contributed by atoms with Crippen LogP contribution in [0.15, 0.2) is 152 Å². The van der Waals surface area contributed by atoms with Gasteiger partial charge < -0.3 is 66.1 Å². The number of ether oxygens (including phenoxy) is 2. The molecule has 0 bridgehead atoms. The number of benzene rings is 8. The molecule has 698 valence electrons. The zero-order valence-corrected chi connectivity index (χ0v) is 75.4. The molecule has 2 amide bonds. The Balaban J connectivity index is 0.000000526. The number of Topliss-reactive ketones (excluding diaryl/α,β-unsaturated/α-hetero) is 10. The molecular formula is C94H99F3N2O30S2. The van der Waals surface area contributed by atoms with E-state index in [2.05, 4.69) is 10.6 Å². The molecular weight excluding hydrogens is 1760 g/mol. The molecule has 0 heterocycles. The molecule has 131 heavy (non-hydrogen) atoms. The SMILES string of the molecule is CC(=O)NCCSSCCNC(C)=O.CC(=O)c1cc(C(=O)O)c(C(C)=O)cc1C(=O)O.CC(=O)c1ccc(-c2ccc(C(C)=O)c(C(=O)O)c2)cc1C(=O)O.CC(=O)c1ccc(C(=O)O)c(C(C)=O)c1.CC(=O)c1ccc(C(C)(c2ccc(C(C)=O)cc2)C(F)(F)F)cc1.CC(=O)c1ccc(Oc2ccc(C(C)=O)c(C(=O)O)c2)cc1C(=O)O.CCC(O)COCC(O)CC. The van der Waals surface area contributed by atoms with E-state index in [9.17, 15) is 125 Å². The lowest BCUT2D eigenvalue weighted by molar-refractivity contribution is -0.173. The van der Waals surface area contributed by atoms with Crippen molar-refractivity contribution in [2.24, 2.45) is 0 Å². The summed E-state index contributed by atoms with van der Waals surface area (Å²) in [6.07, 6.45) is -3.93. The number of aliphatic hydroxyl groups is 2. The highest BCUT2D eigenvalue weighted by Crippen LogP contribution is 2.46. The third kappa shape index (κ3) is 35.8. The number of carbonyl (C=O) groups excluding carboxylic acids is 12. The van der Waals surface area contributed by atoms with Gasteiger partial charge in [0.1, 0.15) is 16.9 Å². The van der Waals surface area contributed by atoms with Gasteiger partial charge in [-0.25, -0.2) is 33.6 Å². The zero-order chi connectivity index (χ0) is 100.0. The van der Waals surface area contributed by atoms with Gasteiger partial charge in [-0.15, -0.1) is 0 Å². The smallest absolute Gasteiger partial charge is 0.402 e. The molecule has 8 aromatic rings. The van der Waals surface area contributed by atoms with Gasteiger partial charge in [0, 0.05) is 94.1 Å². The predicted octanol–water partition coefficient (Wildman–Crippen LogP) is 15.9. The van der Waals surface area contributed by atoms with Crippen LogP contribution < -0.4 is 15.4 Å². The van der Waals surface area contributed by atoms with Crippen molar-refractivity contribution < 1.29 is 160 Å². The fourth-order valence-corrected chi connectivity index (χ4v) is 13.1. The molecule has 8 aromatic carbocycles. The van der Waals surface area contributed by atoms with Gasteiger partial charge >= 0.3 is 48.0 Å². The second-order valence-electron chi connectivity index (χ2n) is 28.5. The Morgan fingerprint density at radius 1 is 0.313 bits per heavy atom. The summed E-state index contributed by atoms with van der Waals surface area (Å²) in [6.45, 7) is 22.6. The Morgan fingerprint density at radius 3 is 0.817 bits per heavy atom. The van der Waals surface area contributed by atoms with Crippen molar-refractivity contribution in [3.8, 4) is 22.6 Å². The van der Waals surface area contributed by atoms with E-state index in [0.29, 0.717) is 67.0 Å². The normalized spacial score (nSPS) is 10.9. The Morgan fingerprint density at radius 2 is 0.565 bits per heavy atom. The molecule has 0 saturated carbocycles. The van der Waals surface area contributed by atoms with Crippen LogP contribution in [0.25, 0.3) is 11.1 Å². The Labute approximate surface area is 757 Å². The first-order chi connectivity index (χ1) is 61.0. The van der Waals surface area contributed by atoms with Crippen LogP contribution in [0.1, 0.15) is 304 Å². The summed E-state index contributed by atoms with van der Waals surface area (Å²) in [5, 5.41) is 87.1. The van der Waals surface area contributed by atoms with Crippen LogP contribution in [0.2, 0.25) is 0 Å². The molecule has 0 spiro atoms. The Hall–Kier alpha value is -14.1. The molecule has 0 aliphatic carbocycles. The summed E-state index contributed by atoms with van der Waals surface area (Å²) in [6, 6.07) is 33.0. The number of hydrogen-bond donors (Lipinski definition) is 11. The maximum Gasteiger partial charge on any atom is 0.402 e. The Kier molecular flexibility index (Phi) is 46.2. The fourth-order valence-electron chi connectivity index (χ4n) is 11.3. The molecule has 32 nitrogen and oxygen atoms in total. The maximum absolute atomic E-state index is 13.9. The lowest BCUT2D eigenvalue weighted by Crippen LogP contribution is -2.40. The average Bonchev–Trinajstić information content (AvgIpc) is 0.753. The molecule has 0 aliphatic rings. The standard InChI is InChI=1S/C19H17F3O2.C18H14O7.C18H14O6.C12H10O6.C11H10O4.C8H16N2O2S2.C8H18O3/c1-12(23)14-4-8-16(9-5-14)18(3,19(20,21)22)17-10-6-15(7-11-17)13(2)24;1-9(19)13-5-3-11(7-15(13)17(21)22)25-12-4-6-14(10(2)20)16(8-12)18(23)24;1-9(19)13-5-3-11(7-15(13)17(21)22)12-4-6-14(10(2)20)16(8-12)18(23)24;1-5(13)7-3-10(12(17)18)8(6(2)14)4-9(7)11(15)16;1-6(12)8-3-4-9(11(14)15)10(5-8)7(2)13;1-7(11)9-3-5-13-14-6-4-10-8(2)12;1-3-7(9)5-11-6-8(10)4-2/h4-11H,1-3H3;3-8H,1-2H3,(H,21,22)(H,23,24);3-8H,1-2H3,(H,21,22)(H,23,24);3-4H,1-2H3,(H,15,16)(H,17,18);3-5H,1-2H3,(H,14,15);3-6H2,1-2H3,(H,9,11)(H,10,12);7-10H,3-6H2,1-2H3. The van der Waals surface area contributed by atoms with Crippen molar-refractivity contribution >= 4 is 133 Å². The largest absolute Gasteiger partial charge is 0.478 e. The maximum atomic E-state index is 13.9. The topological polar surface area (TPSA) is 549 Å². The first-order valence-electron chi connectivity index (χ1n) is 39.2. The van der Waals surface area contributed by atoms with Crippen molar-refractivity contribution in [3.05, 3.63) is 257 Å². The summed E-state index contributed by atoms with van der Waals surface area (Å²) in [5.41, 5.74) is -1.99. The number of carboxylic acids is 7. The van der Waals surface area contributed by atoms with E-state index >= 15 is 0 Å². The van der Waals surface area contributed by atoms with E-state index in [0.717, 1.165) is 44.4 Å². The predicted molar refractivity (Wildman–Crippen MR) is 478 cm³/mol. The first kappa shape index (κ1) is 113. The summed E-state index contributed by atoms with van der Waals surface area (Å²) < 4.78 is 52.1. The van der Waals surface area contributed by atoms with Gasteiger partial charge in [0.2, 0.25) is 11.8 Å². The number of ketones is 10. The van der Waals surface area contributed by atoms with Gasteiger partial charge in [0.15, 0.2) is 57.8 Å².